The third-order valence-corrected chi connectivity index (χ3v) is 2.12. The molecule has 15 heavy (non-hydrogen) atoms. The van der Waals surface area contributed by atoms with E-state index in [1.807, 2.05) is 0 Å². The Labute approximate surface area is 88.7 Å². The molecule has 0 aromatic carbocycles. The molecule has 0 aliphatic heterocycles. The molecule has 0 aliphatic rings. The molecule has 0 radical (unpaired) electrons. The van der Waals surface area contributed by atoms with Crippen molar-refractivity contribution in [1.82, 2.24) is 0 Å². The van der Waals surface area contributed by atoms with Gasteiger partial charge in [0, 0.05) is 12.8 Å². The first kappa shape index (κ1) is 13.9. The Morgan fingerprint density at radius 3 is 2.00 bits per heavy atom. The molecule has 0 fully saturated rings. The number of aliphatic hydroxyl groups excluding tert-OH is 1. The predicted octanol–water partition coefficient (Wildman–Crippen LogP) is 1.25. The molecular formula is C10H18O5. The maximum absolute atomic E-state index is 10.2. The monoisotopic (exact) mass is 218 g/mol. The van der Waals surface area contributed by atoms with Gasteiger partial charge in [-0.2, -0.15) is 0 Å². The van der Waals surface area contributed by atoms with E-state index in [1.165, 1.54) is 0 Å². The molecule has 1 unspecified atom stereocenters. The van der Waals surface area contributed by atoms with E-state index in [0.29, 0.717) is 12.8 Å². The quantitative estimate of drug-likeness (QED) is 0.506. The minimum atomic E-state index is -0.903. The number of hydrogen-bond acceptors (Lipinski definition) is 3. The maximum Gasteiger partial charge on any atom is 0.303 e. The summed E-state index contributed by atoms with van der Waals surface area (Å²) in [7, 11) is 0. The summed E-state index contributed by atoms with van der Waals surface area (Å²) in [4.78, 5) is 20.3. The van der Waals surface area contributed by atoms with Crippen molar-refractivity contribution in [3.63, 3.8) is 0 Å². The lowest BCUT2D eigenvalue weighted by molar-refractivity contribution is -0.138. The molecule has 88 valence electrons. The molecule has 0 rings (SSSR count). The molecule has 0 heterocycles. The van der Waals surface area contributed by atoms with Crippen LogP contribution in [0.5, 0.6) is 0 Å². The van der Waals surface area contributed by atoms with E-state index in [0.717, 1.165) is 12.8 Å². The second-order valence-electron chi connectivity index (χ2n) is 3.58. The summed E-state index contributed by atoms with van der Waals surface area (Å²) in [5.74, 6) is -1.71. The maximum atomic E-state index is 10.2. The van der Waals surface area contributed by atoms with Crippen LogP contribution in [0.3, 0.4) is 0 Å². The zero-order valence-electron chi connectivity index (χ0n) is 8.69. The first-order chi connectivity index (χ1) is 7.02. The minimum Gasteiger partial charge on any atom is -0.481 e. The predicted molar refractivity (Wildman–Crippen MR) is 53.6 cm³/mol. The number of rotatable bonds is 9. The van der Waals surface area contributed by atoms with Gasteiger partial charge < -0.3 is 15.3 Å². The zero-order valence-corrected chi connectivity index (χ0v) is 8.69. The van der Waals surface area contributed by atoms with Gasteiger partial charge in [-0.05, 0) is 19.3 Å². The van der Waals surface area contributed by atoms with Crippen molar-refractivity contribution >= 4 is 11.9 Å². The van der Waals surface area contributed by atoms with E-state index < -0.39 is 18.0 Å². The van der Waals surface area contributed by atoms with E-state index >= 15 is 0 Å². The fraction of sp³-hybridized carbons (Fsp3) is 0.800. The molecular weight excluding hydrogens is 200 g/mol. The van der Waals surface area contributed by atoms with Crippen molar-refractivity contribution < 1.29 is 24.9 Å². The Hall–Kier alpha value is -1.10. The van der Waals surface area contributed by atoms with Crippen LogP contribution in [0.1, 0.15) is 44.9 Å². The lowest BCUT2D eigenvalue weighted by Gasteiger charge is -2.07. The third kappa shape index (κ3) is 10.8. The van der Waals surface area contributed by atoms with Crippen LogP contribution in [0.4, 0.5) is 0 Å². The molecule has 0 saturated heterocycles. The third-order valence-electron chi connectivity index (χ3n) is 2.12. The Bertz CT molecular complexity index is 202. The van der Waals surface area contributed by atoms with E-state index in [-0.39, 0.29) is 19.3 Å². The van der Waals surface area contributed by atoms with E-state index in [2.05, 4.69) is 0 Å². The average Bonchev–Trinajstić information content (AvgIpc) is 2.13. The number of carboxylic acid groups (broad SMARTS) is 2. The Morgan fingerprint density at radius 1 is 0.867 bits per heavy atom. The molecule has 5 nitrogen and oxygen atoms in total. The van der Waals surface area contributed by atoms with Crippen molar-refractivity contribution in [3.05, 3.63) is 0 Å². The second kappa shape index (κ2) is 8.23. The van der Waals surface area contributed by atoms with Crippen LogP contribution < -0.4 is 0 Å². The van der Waals surface area contributed by atoms with Crippen molar-refractivity contribution in [3.8, 4) is 0 Å². The van der Waals surface area contributed by atoms with Crippen LogP contribution >= 0.6 is 0 Å². The smallest absolute Gasteiger partial charge is 0.303 e. The van der Waals surface area contributed by atoms with E-state index in [9.17, 15) is 14.7 Å². The fourth-order valence-electron chi connectivity index (χ4n) is 1.27. The Balaban J connectivity index is 3.27. The number of hydrogen-bond donors (Lipinski definition) is 3. The van der Waals surface area contributed by atoms with Gasteiger partial charge >= 0.3 is 11.9 Å². The van der Waals surface area contributed by atoms with Crippen LogP contribution in [0.25, 0.3) is 0 Å². The molecule has 0 amide bonds. The molecule has 5 heteroatoms. The number of carboxylic acids is 2. The molecule has 0 spiro atoms. The van der Waals surface area contributed by atoms with Gasteiger partial charge in [0.25, 0.3) is 0 Å². The van der Waals surface area contributed by atoms with Gasteiger partial charge in [0.15, 0.2) is 0 Å². The molecule has 0 aromatic heterocycles. The summed E-state index contributed by atoms with van der Waals surface area (Å²) in [6.45, 7) is 0. The highest BCUT2D eigenvalue weighted by molar-refractivity contribution is 5.66. The zero-order chi connectivity index (χ0) is 11.7. The normalized spacial score (nSPS) is 12.3. The summed E-state index contributed by atoms with van der Waals surface area (Å²) in [6, 6.07) is 0. The van der Waals surface area contributed by atoms with Gasteiger partial charge in [-0.3, -0.25) is 9.59 Å². The topological polar surface area (TPSA) is 94.8 Å². The standard InChI is InChI=1S/C10H18O5/c11-8(6-7-10(14)15)4-2-1-3-5-9(12)13/h8,11H,1-7H2,(H,12,13)(H,14,15). The van der Waals surface area contributed by atoms with Gasteiger partial charge in [0.05, 0.1) is 6.10 Å². The van der Waals surface area contributed by atoms with Crippen LogP contribution in [-0.4, -0.2) is 33.4 Å². The highest BCUT2D eigenvalue weighted by atomic mass is 16.4. The van der Waals surface area contributed by atoms with Crippen LogP contribution in [0.15, 0.2) is 0 Å². The lowest BCUT2D eigenvalue weighted by atomic mass is 10.1. The SMILES string of the molecule is O=C(O)CCCCCC(O)CCC(=O)O. The van der Waals surface area contributed by atoms with Crippen LogP contribution in [0.2, 0.25) is 0 Å². The van der Waals surface area contributed by atoms with Gasteiger partial charge in [0.2, 0.25) is 0 Å². The lowest BCUT2D eigenvalue weighted by Crippen LogP contribution is -2.09. The summed E-state index contributed by atoms with van der Waals surface area (Å²) in [6.07, 6.45) is 2.50. The average molecular weight is 218 g/mol. The second-order valence-corrected chi connectivity index (χ2v) is 3.58. The molecule has 0 saturated carbocycles. The van der Waals surface area contributed by atoms with Crippen molar-refractivity contribution in [2.24, 2.45) is 0 Å². The van der Waals surface area contributed by atoms with Crippen molar-refractivity contribution in [2.45, 2.75) is 51.0 Å². The summed E-state index contributed by atoms with van der Waals surface area (Å²) in [5, 5.41) is 26.0. The van der Waals surface area contributed by atoms with E-state index in [4.69, 9.17) is 10.2 Å². The van der Waals surface area contributed by atoms with Gasteiger partial charge in [-0.25, -0.2) is 0 Å². The van der Waals surface area contributed by atoms with Crippen LogP contribution in [-0.2, 0) is 9.59 Å². The summed E-state index contributed by atoms with van der Waals surface area (Å²) < 4.78 is 0. The van der Waals surface area contributed by atoms with Gasteiger partial charge in [0.1, 0.15) is 0 Å². The Morgan fingerprint density at radius 2 is 1.47 bits per heavy atom. The highest BCUT2D eigenvalue weighted by Gasteiger charge is 2.06. The number of aliphatic carboxylic acids is 2. The first-order valence-electron chi connectivity index (χ1n) is 5.14. The number of aliphatic hydroxyl groups is 1. The van der Waals surface area contributed by atoms with Crippen LogP contribution in [0, 0.1) is 0 Å². The molecule has 1 atom stereocenters. The fourth-order valence-corrected chi connectivity index (χ4v) is 1.27. The molecule has 0 bridgehead atoms. The van der Waals surface area contributed by atoms with Gasteiger partial charge in [-0.1, -0.05) is 12.8 Å². The van der Waals surface area contributed by atoms with Crippen molar-refractivity contribution in [1.29, 1.82) is 0 Å². The molecule has 0 aliphatic carbocycles. The Kier molecular flexibility index (Phi) is 7.62. The largest absolute Gasteiger partial charge is 0.481 e. The first-order valence-corrected chi connectivity index (χ1v) is 5.14. The number of carbonyl (C=O) groups is 2. The molecule has 3 N–H and O–H groups in total. The minimum absolute atomic E-state index is 0.0176. The van der Waals surface area contributed by atoms with E-state index in [1.54, 1.807) is 0 Å². The summed E-state index contributed by atoms with van der Waals surface area (Å²) >= 11 is 0. The summed E-state index contributed by atoms with van der Waals surface area (Å²) in [5.41, 5.74) is 0. The highest BCUT2D eigenvalue weighted by Crippen LogP contribution is 2.09. The number of unbranched alkanes of at least 4 members (excludes halogenated alkanes) is 2. The van der Waals surface area contributed by atoms with Crippen molar-refractivity contribution in [2.75, 3.05) is 0 Å². The molecule has 0 aromatic rings. The van der Waals surface area contributed by atoms with Gasteiger partial charge in [-0.15, -0.1) is 0 Å².